The first-order valence-electron chi connectivity index (χ1n) is 6.89. The summed E-state index contributed by atoms with van der Waals surface area (Å²) in [6.07, 6.45) is 0.122. The minimum Gasteiger partial charge on any atom is -0.481 e. The Hall–Kier alpha value is -1.35. The molecule has 19 heavy (non-hydrogen) atoms. The van der Waals surface area contributed by atoms with E-state index in [0.717, 1.165) is 18.7 Å². The molecule has 1 aromatic rings. The van der Waals surface area contributed by atoms with Gasteiger partial charge in [-0.1, -0.05) is 32.0 Å². The van der Waals surface area contributed by atoms with Gasteiger partial charge in [-0.2, -0.15) is 0 Å². The van der Waals surface area contributed by atoms with Crippen LogP contribution in [-0.2, 0) is 10.3 Å². The SMILES string of the molecule is CCN(CC)C(C)(CC(=O)O)c1ccc(C)c(C)c1. The molecule has 0 spiro atoms. The Kier molecular flexibility index (Phi) is 5.12. The van der Waals surface area contributed by atoms with Crippen LogP contribution in [0.4, 0.5) is 0 Å². The van der Waals surface area contributed by atoms with Gasteiger partial charge >= 0.3 is 5.97 Å². The van der Waals surface area contributed by atoms with Gasteiger partial charge in [0.05, 0.1) is 12.0 Å². The summed E-state index contributed by atoms with van der Waals surface area (Å²) in [6, 6.07) is 6.26. The molecule has 0 heterocycles. The van der Waals surface area contributed by atoms with Gasteiger partial charge in [0, 0.05) is 0 Å². The summed E-state index contributed by atoms with van der Waals surface area (Å²) in [5.41, 5.74) is 3.08. The van der Waals surface area contributed by atoms with Crippen LogP contribution in [0.3, 0.4) is 0 Å². The summed E-state index contributed by atoms with van der Waals surface area (Å²) >= 11 is 0. The molecule has 0 bridgehead atoms. The van der Waals surface area contributed by atoms with Crippen molar-refractivity contribution in [3.8, 4) is 0 Å². The van der Waals surface area contributed by atoms with E-state index in [1.807, 2.05) is 6.92 Å². The number of benzene rings is 1. The summed E-state index contributed by atoms with van der Waals surface area (Å²) in [4.78, 5) is 13.5. The van der Waals surface area contributed by atoms with E-state index in [9.17, 15) is 9.90 Å². The molecule has 1 unspecified atom stereocenters. The number of nitrogens with zero attached hydrogens (tertiary/aromatic N) is 1. The number of rotatable bonds is 6. The summed E-state index contributed by atoms with van der Waals surface area (Å²) in [6.45, 7) is 12.0. The number of carbonyl (C=O) groups is 1. The standard InChI is InChI=1S/C16H25NO2/c1-6-17(7-2)16(5,11-15(18)19)14-9-8-12(3)13(4)10-14/h8-10H,6-7,11H2,1-5H3,(H,18,19). The van der Waals surface area contributed by atoms with Gasteiger partial charge < -0.3 is 5.11 Å². The minimum absolute atomic E-state index is 0.122. The monoisotopic (exact) mass is 263 g/mol. The molecule has 1 N–H and O–H groups in total. The maximum absolute atomic E-state index is 11.2. The van der Waals surface area contributed by atoms with Gasteiger partial charge in [0.15, 0.2) is 0 Å². The van der Waals surface area contributed by atoms with Crippen molar-refractivity contribution in [2.75, 3.05) is 13.1 Å². The maximum atomic E-state index is 11.2. The van der Waals surface area contributed by atoms with E-state index in [1.165, 1.54) is 11.1 Å². The van der Waals surface area contributed by atoms with Crippen LogP contribution in [0, 0.1) is 13.8 Å². The highest BCUT2D eigenvalue weighted by molar-refractivity contribution is 5.69. The Balaban J connectivity index is 3.29. The fourth-order valence-electron chi connectivity index (χ4n) is 2.69. The molecule has 1 atom stereocenters. The van der Waals surface area contributed by atoms with E-state index in [0.29, 0.717) is 0 Å². The molecule has 0 aromatic heterocycles. The molecule has 0 aliphatic carbocycles. The predicted octanol–water partition coefficient (Wildman–Crippen LogP) is 3.34. The zero-order valence-electron chi connectivity index (χ0n) is 12.7. The van der Waals surface area contributed by atoms with Gasteiger partial charge in [0.2, 0.25) is 0 Å². The predicted molar refractivity (Wildman–Crippen MR) is 78.4 cm³/mol. The van der Waals surface area contributed by atoms with Crippen LogP contribution >= 0.6 is 0 Å². The molecule has 1 aromatic carbocycles. The molecule has 3 nitrogen and oxygen atoms in total. The number of hydrogen-bond acceptors (Lipinski definition) is 2. The number of aliphatic carboxylic acids is 1. The van der Waals surface area contributed by atoms with Gasteiger partial charge in [-0.15, -0.1) is 0 Å². The molecule has 0 saturated carbocycles. The van der Waals surface area contributed by atoms with Gasteiger partial charge in [-0.05, 0) is 50.6 Å². The van der Waals surface area contributed by atoms with E-state index in [4.69, 9.17) is 0 Å². The van der Waals surface area contributed by atoms with Gasteiger partial charge in [0.25, 0.3) is 0 Å². The van der Waals surface area contributed by atoms with Crippen LogP contribution in [0.2, 0.25) is 0 Å². The van der Waals surface area contributed by atoms with Crippen molar-refractivity contribution < 1.29 is 9.90 Å². The zero-order chi connectivity index (χ0) is 14.6. The summed E-state index contributed by atoms with van der Waals surface area (Å²) in [5.74, 6) is -0.757. The Morgan fingerprint density at radius 2 is 1.79 bits per heavy atom. The fourth-order valence-corrected chi connectivity index (χ4v) is 2.69. The van der Waals surface area contributed by atoms with Crippen LogP contribution < -0.4 is 0 Å². The van der Waals surface area contributed by atoms with Crippen LogP contribution in [0.5, 0.6) is 0 Å². The second kappa shape index (κ2) is 6.20. The van der Waals surface area contributed by atoms with Gasteiger partial charge in [-0.25, -0.2) is 0 Å². The molecule has 106 valence electrons. The first-order valence-corrected chi connectivity index (χ1v) is 6.89. The van der Waals surface area contributed by atoms with Gasteiger partial charge in [0.1, 0.15) is 0 Å². The Bertz CT molecular complexity index is 452. The molecular formula is C16H25NO2. The lowest BCUT2D eigenvalue weighted by atomic mass is 9.85. The molecule has 0 saturated heterocycles. The van der Waals surface area contributed by atoms with E-state index in [-0.39, 0.29) is 6.42 Å². The lowest BCUT2D eigenvalue weighted by Crippen LogP contribution is -2.45. The summed E-state index contributed by atoms with van der Waals surface area (Å²) in [7, 11) is 0. The van der Waals surface area contributed by atoms with Crippen molar-refractivity contribution in [3.05, 3.63) is 34.9 Å². The third-order valence-electron chi connectivity index (χ3n) is 4.09. The number of carboxylic acid groups (broad SMARTS) is 1. The topological polar surface area (TPSA) is 40.5 Å². The van der Waals surface area contributed by atoms with Crippen molar-refractivity contribution in [3.63, 3.8) is 0 Å². The normalized spacial score (nSPS) is 14.4. The summed E-state index contributed by atoms with van der Waals surface area (Å²) < 4.78 is 0. The van der Waals surface area contributed by atoms with Crippen LogP contribution in [0.25, 0.3) is 0 Å². The van der Waals surface area contributed by atoms with Crippen molar-refractivity contribution in [2.45, 2.75) is 46.6 Å². The molecule has 0 fully saturated rings. The minimum atomic E-state index is -0.757. The Labute approximate surface area is 116 Å². The smallest absolute Gasteiger partial charge is 0.305 e. The van der Waals surface area contributed by atoms with E-state index < -0.39 is 11.5 Å². The number of hydrogen-bond donors (Lipinski definition) is 1. The molecule has 0 radical (unpaired) electrons. The molecule has 0 aliphatic heterocycles. The third-order valence-corrected chi connectivity index (χ3v) is 4.09. The van der Waals surface area contributed by atoms with Gasteiger partial charge in [-0.3, -0.25) is 9.69 Å². The van der Waals surface area contributed by atoms with Crippen molar-refractivity contribution in [1.29, 1.82) is 0 Å². The molecule has 0 amide bonds. The fraction of sp³-hybridized carbons (Fsp3) is 0.562. The molecule has 3 heteroatoms. The number of carboxylic acids is 1. The second-order valence-electron chi connectivity index (χ2n) is 5.32. The van der Waals surface area contributed by atoms with E-state index in [1.54, 1.807) is 0 Å². The average molecular weight is 263 g/mol. The molecule has 0 aliphatic rings. The zero-order valence-corrected chi connectivity index (χ0v) is 12.7. The van der Waals surface area contributed by atoms with Crippen LogP contribution in [-0.4, -0.2) is 29.1 Å². The largest absolute Gasteiger partial charge is 0.481 e. The lowest BCUT2D eigenvalue weighted by Gasteiger charge is -2.40. The van der Waals surface area contributed by atoms with Crippen molar-refractivity contribution in [2.24, 2.45) is 0 Å². The average Bonchev–Trinajstić information content (AvgIpc) is 2.33. The van der Waals surface area contributed by atoms with Crippen LogP contribution in [0.15, 0.2) is 18.2 Å². The highest BCUT2D eigenvalue weighted by Gasteiger charge is 2.34. The van der Waals surface area contributed by atoms with Crippen LogP contribution in [0.1, 0.15) is 43.9 Å². The first-order chi connectivity index (χ1) is 8.85. The van der Waals surface area contributed by atoms with E-state index in [2.05, 4.69) is 50.8 Å². The Morgan fingerprint density at radius 3 is 2.21 bits per heavy atom. The maximum Gasteiger partial charge on any atom is 0.305 e. The summed E-state index contributed by atoms with van der Waals surface area (Å²) in [5, 5.41) is 9.25. The quantitative estimate of drug-likeness (QED) is 0.855. The van der Waals surface area contributed by atoms with Crippen molar-refractivity contribution >= 4 is 5.97 Å². The lowest BCUT2D eigenvalue weighted by molar-refractivity contribution is -0.140. The number of aryl methyl sites for hydroxylation is 2. The molecular weight excluding hydrogens is 238 g/mol. The second-order valence-corrected chi connectivity index (χ2v) is 5.32. The highest BCUT2D eigenvalue weighted by Crippen LogP contribution is 2.32. The van der Waals surface area contributed by atoms with Crippen molar-refractivity contribution in [1.82, 2.24) is 4.90 Å². The first kappa shape index (κ1) is 15.7. The highest BCUT2D eigenvalue weighted by atomic mass is 16.4. The van der Waals surface area contributed by atoms with E-state index >= 15 is 0 Å². The molecule has 1 rings (SSSR count). The Morgan fingerprint density at radius 1 is 1.21 bits per heavy atom. The third kappa shape index (κ3) is 3.35.